The molecule has 5 nitrogen and oxygen atoms in total. The van der Waals surface area contributed by atoms with E-state index in [0.29, 0.717) is 10.6 Å². The number of carbonyl (C=O) groups is 1. The van der Waals surface area contributed by atoms with Crippen molar-refractivity contribution < 1.29 is 22.7 Å². The van der Waals surface area contributed by atoms with Crippen LogP contribution in [0.2, 0.25) is 0 Å². The molecule has 1 rings (SSSR count). The Morgan fingerprint density at radius 3 is 2.62 bits per heavy atom. The van der Waals surface area contributed by atoms with Crippen LogP contribution in [0, 0.1) is 11.3 Å². The predicted molar refractivity (Wildman–Crippen MR) is 70.0 cm³/mol. The van der Waals surface area contributed by atoms with Gasteiger partial charge in [0.05, 0.1) is 12.7 Å². The van der Waals surface area contributed by atoms with E-state index in [1.165, 1.54) is 32.2 Å². The number of hydrogen-bond acceptors (Lipinski definition) is 3. The van der Waals surface area contributed by atoms with Crippen molar-refractivity contribution in [2.45, 2.75) is 13.1 Å². The fraction of sp³-hybridized carbons (Fsp3) is 0.385. The molecule has 0 radical (unpaired) electrons. The number of urea groups is 1. The van der Waals surface area contributed by atoms with Crippen LogP contribution in [0.25, 0.3) is 0 Å². The second-order valence-corrected chi connectivity index (χ2v) is 4.09. The number of amides is 2. The fourth-order valence-corrected chi connectivity index (χ4v) is 1.62. The first-order chi connectivity index (χ1) is 9.80. The molecule has 0 aliphatic carbocycles. The van der Waals surface area contributed by atoms with E-state index >= 15 is 0 Å². The number of alkyl halides is 3. The van der Waals surface area contributed by atoms with Gasteiger partial charge in [0.1, 0.15) is 18.4 Å². The number of anilines is 1. The van der Waals surface area contributed by atoms with Crippen molar-refractivity contribution in [1.29, 1.82) is 5.26 Å². The number of nitrogens with one attached hydrogen (secondary N) is 1. The zero-order valence-corrected chi connectivity index (χ0v) is 11.5. The SMILES string of the molecule is CCN(CC(F)(F)F)C(=O)Nc1ccc(OC)c(C#N)c1. The molecule has 0 heterocycles. The molecule has 2 amide bonds. The summed E-state index contributed by atoms with van der Waals surface area (Å²) in [5.41, 5.74) is 0.396. The molecular formula is C13H14F3N3O2. The van der Waals surface area contributed by atoms with Gasteiger partial charge < -0.3 is 15.0 Å². The van der Waals surface area contributed by atoms with Crippen LogP contribution < -0.4 is 10.1 Å². The van der Waals surface area contributed by atoms with Crippen LogP contribution >= 0.6 is 0 Å². The smallest absolute Gasteiger partial charge is 0.406 e. The van der Waals surface area contributed by atoms with Crippen molar-refractivity contribution in [3.63, 3.8) is 0 Å². The van der Waals surface area contributed by atoms with Crippen molar-refractivity contribution in [2.24, 2.45) is 0 Å². The Morgan fingerprint density at radius 2 is 2.14 bits per heavy atom. The minimum Gasteiger partial charge on any atom is -0.495 e. The van der Waals surface area contributed by atoms with E-state index in [1.807, 2.05) is 6.07 Å². The van der Waals surface area contributed by atoms with E-state index < -0.39 is 18.8 Å². The Bertz CT molecular complexity index is 553. The zero-order valence-electron chi connectivity index (χ0n) is 11.5. The van der Waals surface area contributed by atoms with Gasteiger partial charge in [0.25, 0.3) is 0 Å². The first-order valence-electron chi connectivity index (χ1n) is 6.01. The highest BCUT2D eigenvalue weighted by Gasteiger charge is 2.32. The summed E-state index contributed by atoms with van der Waals surface area (Å²) in [4.78, 5) is 12.4. The van der Waals surface area contributed by atoms with Gasteiger partial charge in [0, 0.05) is 12.2 Å². The van der Waals surface area contributed by atoms with Crippen molar-refractivity contribution in [1.82, 2.24) is 4.90 Å². The van der Waals surface area contributed by atoms with Crippen LogP contribution in [0.4, 0.5) is 23.7 Å². The van der Waals surface area contributed by atoms with Gasteiger partial charge in [0.15, 0.2) is 0 Å². The third-order valence-corrected chi connectivity index (χ3v) is 2.61. The third-order valence-electron chi connectivity index (χ3n) is 2.61. The van der Waals surface area contributed by atoms with E-state index in [4.69, 9.17) is 10.00 Å². The molecule has 8 heteroatoms. The number of hydrogen-bond donors (Lipinski definition) is 1. The van der Waals surface area contributed by atoms with Gasteiger partial charge in [-0.3, -0.25) is 0 Å². The van der Waals surface area contributed by atoms with Crippen LogP contribution in [0.15, 0.2) is 18.2 Å². The highest BCUT2D eigenvalue weighted by Crippen LogP contribution is 2.22. The van der Waals surface area contributed by atoms with E-state index in [0.717, 1.165) is 0 Å². The van der Waals surface area contributed by atoms with E-state index in [9.17, 15) is 18.0 Å². The molecule has 0 fully saturated rings. The van der Waals surface area contributed by atoms with Crippen molar-refractivity contribution in [3.8, 4) is 11.8 Å². The number of carbonyl (C=O) groups excluding carboxylic acids is 1. The summed E-state index contributed by atoms with van der Waals surface area (Å²) in [6, 6.07) is 5.21. The number of rotatable bonds is 4. The van der Waals surface area contributed by atoms with E-state index in [-0.39, 0.29) is 17.8 Å². The van der Waals surface area contributed by atoms with Crippen LogP contribution in [0.5, 0.6) is 5.75 Å². The fourth-order valence-electron chi connectivity index (χ4n) is 1.62. The Balaban J connectivity index is 2.85. The number of methoxy groups -OCH3 is 1. The molecule has 0 aromatic heterocycles. The topological polar surface area (TPSA) is 65.4 Å². The molecule has 0 bridgehead atoms. The lowest BCUT2D eigenvalue weighted by Gasteiger charge is -2.22. The maximum atomic E-state index is 12.3. The maximum Gasteiger partial charge on any atom is 0.406 e. The molecule has 0 saturated carbocycles. The van der Waals surface area contributed by atoms with Gasteiger partial charge in [-0.1, -0.05) is 0 Å². The molecular weight excluding hydrogens is 287 g/mol. The van der Waals surface area contributed by atoms with E-state index in [1.54, 1.807) is 0 Å². The molecule has 1 aromatic rings. The summed E-state index contributed by atoms with van der Waals surface area (Å²) in [6.07, 6.45) is -4.47. The summed E-state index contributed by atoms with van der Waals surface area (Å²) < 4.78 is 41.9. The quantitative estimate of drug-likeness (QED) is 0.929. The normalized spacial score (nSPS) is 10.7. The Morgan fingerprint density at radius 1 is 1.48 bits per heavy atom. The Kier molecular flexibility index (Phi) is 5.41. The summed E-state index contributed by atoms with van der Waals surface area (Å²) in [6.45, 7) is 0.0171. The average molecular weight is 301 g/mol. The predicted octanol–water partition coefficient (Wildman–Crippen LogP) is 2.98. The van der Waals surface area contributed by atoms with E-state index in [2.05, 4.69) is 5.32 Å². The number of ether oxygens (including phenoxy) is 1. The van der Waals surface area contributed by atoms with Crippen molar-refractivity contribution in [3.05, 3.63) is 23.8 Å². The standard InChI is InChI=1S/C13H14F3N3O2/c1-3-19(8-13(14,15)16)12(20)18-10-4-5-11(21-2)9(6-10)7-17/h4-6H,3,8H2,1-2H3,(H,18,20). The van der Waals surface area contributed by atoms with Crippen molar-refractivity contribution >= 4 is 11.7 Å². The lowest BCUT2D eigenvalue weighted by Crippen LogP contribution is -2.41. The van der Waals surface area contributed by atoms with Crippen LogP contribution in [-0.2, 0) is 0 Å². The molecule has 1 aromatic carbocycles. The van der Waals surface area contributed by atoms with Crippen LogP contribution in [0.1, 0.15) is 12.5 Å². The molecule has 0 aliphatic heterocycles. The third kappa shape index (κ3) is 4.87. The average Bonchev–Trinajstić information content (AvgIpc) is 2.43. The summed E-state index contributed by atoms with van der Waals surface area (Å²) in [5.74, 6) is 0.318. The first-order valence-corrected chi connectivity index (χ1v) is 6.01. The van der Waals surface area contributed by atoms with Gasteiger partial charge in [-0.25, -0.2) is 4.79 Å². The largest absolute Gasteiger partial charge is 0.495 e. The number of benzene rings is 1. The summed E-state index contributed by atoms with van der Waals surface area (Å²) in [5, 5.41) is 11.2. The second-order valence-electron chi connectivity index (χ2n) is 4.09. The second kappa shape index (κ2) is 6.83. The lowest BCUT2D eigenvalue weighted by molar-refractivity contribution is -0.139. The number of nitriles is 1. The van der Waals surface area contributed by atoms with Gasteiger partial charge in [-0.05, 0) is 25.1 Å². The lowest BCUT2D eigenvalue weighted by atomic mass is 10.2. The zero-order chi connectivity index (χ0) is 16.0. The molecule has 0 spiro atoms. The summed E-state index contributed by atoms with van der Waals surface area (Å²) >= 11 is 0. The Labute approximate surface area is 119 Å². The molecule has 21 heavy (non-hydrogen) atoms. The molecule has 1 N–H and O–H groups in total. The number of nitrogens with zero attached hydrogens (tertiary/aromatic N) is 2. The maximum absolute atomic E-state index is 12.3. The highest BCUT2D eigenvalue weighted by atomic mass is 19.4. The number of halogens is 3. The highest BCUT2D eigenvalue weighted by molar-refractivity contribution is 5.89. The Hall–Kier alpha value is -2.43. The van der Waals surface area contributed by atoms with Gasteiger partial charge in [-0.15, -0.1) is 0 Å². The summed E-state index contributed by atoms with van der Waals surface area (Å²) in [7, 11) is 1.39. The minimum atomic E-state index is -4.47. The first kappa shape index (κ1) is 16.6. The van der Waals surface area contributed by atoms with Gasteiger partial charge in [0.2, 0.25) is 0 Å². The molecule has 0 unspecified atom stereocenters. The van der Waals surface area contributed by atoms with Gasteiger partial charge in [-0.2, -0.15) is 18.4 Å². The van der Waals surface area contributed by atoms with Crippen LogP contribution in [-0.4, -0.2) is 37.3 Å². The van der Waals surface area contributed by atoms with Crippen LogP contribution in [0.3, 0.4) is 0 Å². The monoisotopic (exact) mass is 301 g/mol. The molecule has 0 saturated heterocycles. The minimum absolute atomic E-state index is 0.0907. The molecule has 114 valence electrons. The van der Waals surface area contributed by atoms with Crippen molar-refractivity contribution in [2.75, 3.05) is 25.5 Å². The molecule has 0 atom stereocenters. The molecule has 0 aliphatic rings. The van der Waals surface area contributed by atoms with Gasteiger partial charge >= 0.3 is 12.2 Å².